The molecule has 0 aromatic heterocycles. The van der Waals surface area contributed by atoms with Crippen LogP contribution in [0.4, 0.5) is 0 Å². The molecule has 0 aliphatic heterocycles. The quantitative estimate of drug-likeness (QED) is 0.622. The Kier molecular flexibility index (Phi) is 8.36. The minimum atomic E-state index is -3.74. The lowest BCUT2D eigenvalue weighted by atomic mass is 10.1. The van der Waals surface area contributed by atoms with Crippen LogP contribution < -0.4 is 5.73 Å². The van der Waals surface area contributed by atoms with Crippen molar-refractivity contribution in [3.05, 3.63) is 29.8 Å². The Bertz CT molecular complexity index is 636. The fraction of sp³-hybridized carbons (Fsp3) is 0.588. The van der Waals surface area contributed by atoms with Crippen molar-refractivity contribution in [1.82, 2.24) is 4.31 Å². The van der Waals surface area contributed by atoms with E-state index in [4.69, 9.17) is 11.0 Å². The number of unbranched alkanes of at least 4 members (excludes halogenated alkanes) is 1. The molecule has 24 heavy (non-hydrogen) atoms. The zero-order valence-electron chi connectivity index (χ0n) is 14.4. The summed E-state index contributed by atoms with van der Waals surface area (Å²) in [6, 6.07) is 7.36. The Balaban J connectivity index is 3.13. The first-order valence-electron chi connectivity index (χ1n) is 8.19. The molecule has 3 N–H and O–H groups in total. The van der Waals surface area contributed by atoms with E-state index in [1.807, 2.05) is 19.9 Å². The van der Waals surface area contributed by atoms with Gasteiger partial charge in [-0.15, -0.1) is 0 Å². The number of nitrogens with two attached hydrogens (primary N) is 1. The van der Waals surface area contributed by atoms with E-state index in [2.05, 4.69) is 0 Å². The summed E-state index contributed by atoms with van der Waals surface area (Å²) in [4.78, 5) is 0.138. The Morgan fingerprint density at radius 1 is 1.25 bits per heavy atom. The van der Waals surface area contributed by atoms with Gasteiger partial charge in [-0.1, -0.05) is 20.3 Å². The molecule has 0 aliphatic rings. The number of aliphatic hydroxyl groups excluding tert-OH is 1. The van der Waals surface area contributed by atoms with Crippen molar-refractivity contribution < 1.29 is 13.5 Å². The first kappa shape index (κ1) is 20.6. The molecule has 1 aromatic carbocycles. The van der Waals surface area contributed by atoms with Crippen LogP contribution >= 0.6 is 0 Å². The second kappa shape index (κ2) is 9.74. The van der Waals surface area contributed by atoms with Crippen molar-refractivity contribution in [2.45, 2.75) is 44.0 Å². The minimum absolute atomic E-state index is 0.127. The van der Waals surface area contributed by atoms with Crippen LogP contribution in [0.5, 0.6) is 0 Å². The molecule has 7 heteroatoms. The van der Waals surface area contributed by atoms with Gasteiger partial charge in [-0.05, 0) is 49.6 Å². The summed E-state index contributed by atoms with van der Waals surface area (Å²) >= 11 is 0. The highest BCUT2D eigenvalue weighted by Crippen LogP contribution is 2.22. The largest absolute Gasteiger partial charge is 0.395 e. The summed E-state index contributed by atoms with van der Waals surface area (Å²) in [6.45, 7) is 4.53. The summed E-state index contributed by atoms with van der Waals surface area (Å²) in [6.07, 6.45) is 2.12. The molecule has 6 nitrogen and oxygen atoms in total. The Labute approximate surface area is 144 Å². The predicted octanol–water partition coefficient (Wildman–Crippen LogP) is 1.69. The van der Waals surface area contributed by atoms with E-state index in [1.165, 1.54) is 28.6 Å². The van der Waals surface area contributed by atoms with Gasteiger partial charge in [-0.2, -0.15) is 9.57 Å². The van der Waals surface area contributed by atoms with Crippen LogP contribution in [0.2, 0.25) is 0 Å². The topological polar surface area (TPSA) is 107 Å². The Morgan fingerprint density at radius 3 is 2.33 bits per heavy atom. The molecule has 134 valence electrons. The molecule has 0 fully saturated rings. The summed E-state index contributed by atoms with van der Waals surface area (Å²) in [5, 5.41) is 18.6. The Morgan fingerprint density at radius 2 is 1.88 bits per heavy atom. The Hall–Kier alpha value is -1.46. The van der Waals surface area contributed by atoms with Crippen LogP contribution in [0.15, 0.2) is 29.2 Å². The van der Waals surface area contributed by atoms with Gasteiger partial charge in [-0.25, -0.2) is 8.42 Å². The number of nitrogens with zero attached hydrogens (tertiary/aromatic N) is 2. The summed E-state index contributed by atoms with van der Waals surface area (Å²) in [5.74, 6) is 0.127. The smallest absolute Gasteiger partial charge is 0.243 e. The molecule has 1 atom stereocenters. The lowest BCUT2D eigenvalue weighted by Gasteiger charge is -2.31. The van der Waals surface area contributed by atoms with Crippen molar-refractivity contribution >= 4 is 10.0 Å². The number of benzene rings is 1. The highest BCUT2D eigenvalue weighted by atomic mass is 32.2. The zero-order valence-corrected chi connectivity index (χ0v) is 15.2. The van der Waals surface area contributed by atoms with Crippen LogP contribution in [0, 0.1) is 17.2 Å². The van der Waals surface area contributed by atoms with Crippen LogP contribution in [-0.2, 0) is 10.0 Å². The maximum absolute atomic E-state index is 13.0. The monoisotopic (exact) mass is 353 g/mol. The lowest BCUT2D eigenvalue weighted by Crippen LogP contribution is -2.44. The van der Waals surface area contributed by atoms with E-state index in [0.717, 1.165) is 12.8 Å². The van der Waals surface area contributed by atoms with Gasteiger partial charge in [-0.3, -0.25) is 0 Å². The van der Waals surface area contributed by atoms with Gasteiger partial charge in [0.15, 0.2) is 0 Å². The van der Waals surface area contributed by atoms with Gasteiger partial charge in [0.2, 0.25) is 10.0 Å². The van der Waals surface area contributed by atoms with Gasteiger partial charge in [0.05, 0.1) is 23.1 Å². The van der Waals surface area contributed by atoms with Gasteiger partial charge in [0, 0.05) is 12.6 Å². The maximum Gasteiger partial charge on any atom is 0.243 e. The molecular formula is C17H27N3O3S. The van der Waals surface area contributed by atoms with E-state index in [1.54, 1.807) is 0 Å². The summed E-state index contributed by atoms with van der Waals surface area (Å²) < 4.78 is 27.4. The standard InChI is InChI=1S/C17H27N3O3S/c1-14(2)12-20(16(13-21)5-3-4-10-18)24(22,23)17-8-6-15(11-19)7-9-17/h6-9,14,16,21H,3-5,10,12-13,18H2,1-2H3. The molecular weight excluding hydrogens is 326 g/mol. The van der Waals surface area contributed by atoms with Crippen LogP contribution in [0.25, 0.3) is 0 Å². The van der Waals surface area contributed by atoms with E-state index < -0.39 is 16.1 Å². The second-order valence-electron chi connectivity index (χ2n) is 6.23. The molecule has 0 saturated carbocycles. The number of aliphatic hydroxyl groups is 1. The molecule has 0 radical (unpaired) electrons. The van der Waals surface area contributed by atoms with E-state index in [-0.39, 0.29) is 17.4 Å². The molecule has 0 heterocycles. The van der Waals surface area contributed by atoms with Gasteiger partial charge < -0.3 is 10.8 Å². The third-order valence-corrected chi connectivity index (χ3v) is 5.68. The molecule has 0 amide bonds. The van der Waals surface area contributed by atoms with E-state index in [0.29, 0.717) is 25.1 Å². The predicted molar refractivity (Wildman–Crippen MR) is 93.7 cm³/mol. The number of rotatable bonds is 10. The molecule has 0 spiro atoms. The lowest BCUT2D eigenvalue weighted by molar-refractivity contribution is 0.168. The van der Waals surface area contributed by atoms with Crippen molar-refractivity contribution in [3.63, 3.8) is 0 Å². The number of nitriles is 1. The van der Waals surface area contributed by atoms with E-state index in [9.17, 15) is 13.5 Å². The highest BCUT2D eigenvalue weighted by Gasteiger charge is 2.31. The molecule has 1 rings (SSSR count). The second-order valence-corrected chi connectivity index (χ2v) is 8.12. The fourth-order valence-corrected chi connectivity index (χ4v) is 4.30. The summed E-state index contributed by atoms with van der Waals surface area (Å²) in [5.41, 5.74) is 5.90. The highest BCUT2D eigenvalue weighted by molar-refractivity contribution is 7.89. The number of sulfonamides is 1. The normalized spacial score (nSPS) is 13.2. The van der Waals surface area contributed by atoms with Crippen LogP contribution in [-0.4, -0.2) is 43.6 Å². The number of hydrogen-bond donors (Lipinski definition) is 2. The first-order valence-corrected chi connectivity index (χ1v) is 9.63. The van der Waals surface area contributed by atoms with Crippen molar-refractivity contribution in [2.75, 3.05) is 19.7 Å². The van der Waals surface area contributed by atoms with Crippen molar-refractivity contribution in [3.8, 4) is 6.07 Å². The van der Waals surface area contributed by atoms with Crippen LogP contribution in [0.1, 0.15) is 38.7 Å². The molecule has 0 aliphatic carbocycles. The van der Waals surface area contributed by atoms with E-state index >= 15 is 0 Å². The average Bonchev–Trinajstić information content (AvgIpc) is 2.57. The maximum atomic E-state index is 13.0. The van der Waals surface area contributed by atoms with Crippen molar-refractivity contribution in [2.24, 2.45) is 11.7 Å². The van der Waals surface area contributed by atoms with Gasteiger partial charge >= 0.3 is 0 Å². The van der Waals surface area contributed by atoms with Gasteiger partial charge in [0.1, 0.15) is 0 Å². The molecule has 0 saturated heterocycles. The van der Waals surface area contributed by atoms with Crippen LogP contribution in [0.3, 0.4) is 0 Å². The zero-order chi connectivity index (χ0) is 18.2. The first-order chi connectivity index (χ1) is 11.4. The molecule has 1 unspecified atom stereocenters. The average molecular weight is 353 g/mol. The fourth-order valence-electron chi connectivity index (χ4n) is 2.49. The summed E-state index contributed by atoms with van der Waals surface area (Å²) in [7, 11) is -3.74. The van der Waals surface area contributed by atoms with Crippen molar-refractivity contribution in [1.29, 1.82) is 5.26 Å². The van der Waals surface area contributed by atoms with Gasteiger partial charge in [0.25, 0.3) is 0 Å². The SMILES string of the molecule is CC(C)CN(C(CO)CCCCN)S(=O)(=O)c1ccc(C#N)cc1. The minimum Gasteiger partial charge on any atom is -0.395 e. The third-order valence-electron chi connectivity index (χ3n) is 3.74. The molecule has 1 aromatic rings. The third kappa shape index (κ3) is 5.56. The number of hydrogen-bond acceptors (Lipinski definition) is 5. The molecule has 0 bridgehead atoms.